The Balaban J connectivity index is 1.92. The normalized spacial score (nSPS) is 15.0. The number of benzene rings is 1. The molecule has 0 saturated heterocycles. The molecule has 0 unspecified atom stereocenters. The summed E-state index contributed by atoms with van der Waals surface area (Å²) in [7, 11) is 0. The zero-order valence-electron chi connectivity index (χ0n) is 8.59. The number of rotatable bonds is 3. The Kier molecular flexibility index (Phi) is 2.25. The van der Waals surface area contributed by atoms with E-state index in [9.17, 15) is 0 Å². The Morgan fingerprint density at radius 2 is 2.19 bits per heavy atom. The van der Waals surface area contributed by atoms with E-state index in [1.54, 1.807) is 0 Å². The molecule has 1 saturated carbocycles. The van der Waals surface area contributed by atoms with Crippen molar-refractivity contribution in [3.63, 3.8) is 0 Å². The molecule has 1 fully saturated rings. The number of aromatic nitrogens is 2. The van der Waals surface area contributed by atoms with Gasteiger partial charge in [-0.05, 0) is 25.0 Å². The summed E-state index contributed by atoms with van der Waals surface area (Å²) in [5, 5.41) is 0. The molecule has 1 aliphatic rings. The predicted molar refractivity (Wildman–Crippen MR) is 63.4 cm³/mol. The molecule has 0 bridgehead atoms. The molecule has 16 heavy (non-hydrogen) atoms. The first-order valence-corrected chi connectivity index (χ1v) is 5.91. The highest BCUT2D eigenvalue weighted by atomic mass is 32.1. The average molecular weight is 233 g/mol. The third kappa shape index (κ3) is 1.86. The maximum absolute atomic E-state index is 5.73. The minimum absolute atomic E-state index is 0.404. The fourth-order valence-electron chi connectivity index (χ4n) is 1.49. The third-order valence-electron chi connectivity index (χ3n) is 2.45. The molecule has 0 atom stereocenters. The minimum Gasteiger partial charge on any atom is -0.490 e. The molecule has 1 aliphatic carbocycles. The largest absolute Gasteiger partial charge is 0.490 e. The van der Waals surface area contributed by atoms with Gasteiger partial charge in [0.05, 0.1) is 17.8 Å². The summed E-state index contributed by atoms with van der Waals surface area (Å²) in [5.74, 6) is 1.36. The Hall–Kier alpha value is -1.62. The van der Waals surface area contributed by atoms with Crippen molar-refractivity contribution < 1.29 is 4.74 Å². The van der Waals surface area contributed by atoms with Gasteiger partial charge in [0.15, 0.2) is 5.82 Å². The van der Waals surface area contributed by atoms with E-state index in [-0.39, 0.29) is 0 Å². The van der Waals surface area contributed by atoms with Crippen LogP contribution in [0.15, 0.2) is 24.3 Å². The number of hydrogen-bond acceptors (Lipinski definition) is 5. The number of nitrogens with zero attached hydrogens (tertiary/aromatic N) is 2. The number of nitrogen functional groups attached to an aromatic ring is 1. The van der Waals surface area contributed by atoms with E-state index in [0.717, 1.165) is 41.6 Å². The summed E-state index contributed by atoms with van der Waals surface area (Å²) in [4.78, 5) is 0. The monoisotopic (exact) mass is 233 g/mol. The molecule has 4 nitrogen and oxygen atoms in total. The number of nitrogens with two attached hydrogens (primary N) is 1. The van der Waals surface area contributed by atoms with Gasteiger partial charge in [-0.2, -0.15) is 8.75 Å². The fraction of sp³-hybridized carbons (Fsp3) is 0.273. The van der Waals surface area contributed by atoms with Crippen LogP contribution in [0.3, 0.4) is 0 Å². The molecule has 0 amide bonds. The second kappa shape index (κ2) is 3.75. The second-order valence-electron chi connectivity index (χ2n) is 3.84. The Morgan fingerprint density at radius 3 is 2.88 bits per heavy atom. The van der Waals surface area contributed by atoms with Crippen molar-refractivity contribution >= 4 is 17.5 Å². The van der Waals surface area contributed by atoms with E-state index >= 15 is 0 Å². The highest BCUT2D eigenvalue weighted by Gasteiger charge is 2.23. The lowest BCUT2D eigenvalue weighted by Gasteiger charge is -2.05. The third-order valence-corrected chi connectivity index (χ3v) is 2.99. The van der Waals surface area contributed by atoms with Crippen LogP contribution in [0, 0.1) is 0 Å². The first-order chi connectivity index (χ1) is 7.83. The van der Waals surface area contributed by atoms with Gasteiger partial charge in [0.2, 0.25) is 0 Å². The standard InChI is InChI=1S/C11H11N3OS/c12-11-10(13-16-14-11)7-2-1-3-9(6-7)15-8-4-5-8/h1-3,6,8H,4-5H2,(H2,12,14). The van der Waals surface area contributed by atoms with Gasteiger partial charge in [0.1, 0.15) is 11.4 Å². The first kappa shape index (κ1) is 9.59. The van der Waals surface area contributed by atoms with Crippen molar-refractivity contribution in [2.45, 2.75) is 18.9 Å². The number of anilines is 1. The summed E-state index contributed by atoms with van der Waals surface area (Å²) < 4.78 is 13.9. The highest BCUT2D eigenvalue weighted by molar-refractivity contribution is 6.99. The zero-order valence-corrected chi connectivity index (χ0v) is 9.41. The van der Waals surface area contributed by atoms with Crippen molar-refractivity contribution in [2.75, 3.05) is 5.73 Å². The van der Waals surface area contributed by atoms with Crippen LogP contribution >= 0.6 is 11.7 Å². The molecular formula is C11H11N3OS. The van der Waals surface area contributed by atoms with Crippen molar-refractivity contribution in [3.05, 3.63) is 24.3 Å². The van der Waals surface area contributed by atoms with E-state index in [0.29, 0.717) is 11.9 Å². The van der Waals surface area contributed by atoms with Crippen molar-refractivity contribution in [2.24, 2.45) is 0 Å². The molecule has 2 N–H and O–H groups in total. The van der Waals surface area contributed by atoms with Gasteiger partial charge >= 0.3 is 0 Å². The lowest BCUT2D eigenvalue weighted by molar-refractivity contribution is 0.303. The summed E-state index contributed by atoms with van der Waals surface area (Å²) >= 11 is 1.13. The summed E-state index contributed by atoms with van der Waals surface area (Å²) in [6, 6.07) is 7.84. The fourth-order valence-corrected chi connectivity index (χ4v) is 1.99. The van der Waals surface area contributed by atoms with Gasteiger partial charge in [0.25, 0.3) is 0 Å². The van der Waals surface area contributed by atoms with Crippen LogP contribution in [-0.2, 0) is 0 Å². The van der Waals surface area contributed by atoms with Crippen LogP contribution < -0.4 is 10.5 Å². The van der Waals surface area contributed by atoms with Gasteiger partial charge in [-0.25, -0.2) is 0 Å². The lowest BCUT2D eigenvalue weighted by Crippen LogP contribution is -1.96. The lowest BCUT2D eigenvalue weighted by atomic mass is 10.1. The zero-order chi connectivity index (χ0) is 11.0. The summed E-state index contributed by atoms with van der Waals surface area (Å²) in [6.45, 7) is 0. The Morgan fingerprint density at radius 1 is 1.31 bits per heavy atom. The van der Waals surface area contributed by atoms with Gasteiger partial charge in [0, 0.05) is 5.56 Å². The van der Waals surface area contributed by atoms with Crippen LogP contribution in [0.2, 0.25) is 0 Å². The summed E-state index contributed by atoms with van der Waals surface area (Å²) in [6.07, 6.45) is 2.72. The second-order valence-corrected chi connectivity index (χ2v) is 4.37. The highest BCUT2D eigenvalue weighted by Crippen LogP contribution is 2.30. The molecule has 1 aromatic heterocycles. The maximum Gasteiger partial charge on any atom is 0.165 e. The molecule has 3 rings (SSSR count). The number of hydrogen-bond donors (Lipinski definition) is 1. The Labute approximate surface area is 97.4 Å². The molecule has 0 radical (unpaired) electrons. The average Bonchev–Trinajstić information content (AvgIpc) is 2.99. The molecule has 1 heterocycles. The van der Waals surface area contributed by atoms with Crippen LogP contribution in [-0.4, -0.2) is 14.9 Å². The van der Waals surface area contributed by atoms with Crippen LogP contribution in [0.4, 0.5) is 5.82 Å². The van der Waals surface area contributed by atoms with Crippen molar-refractivity contribution in [1.82, 2.24) is 8.75 Å². The molecule has 0 aliphatic heterocycles. The van der Waals surface area contributed by atoms with Gasteiger partial charge < -0.3 is 10.5 Å². The first-order valence-electron chi connectivity index (χ1n) is 5.18. The van der Waals surface area contributed by atoms with Crippen LogP contribution in [0.25, 0.3) is 11.3 Å². The topological polar surface area (TPSA) is 61.0 Å². The van der Waals surface area contributed by atoms with Gasteiger partial charge in [-0.15, -0.1) is 0 Å². The summed E-state index contributed by atoms with van der Waals surface area (Å²) in [5.41, 5.74) is 7.44. The molecule has 1 aromatic carbocycles. The van der Waals surface area contributed by atoms with E-state index < -0.39 is 0 Å². The molecule has 0 spiro atoms. The van der Waals surface area contributed by atoms with Gasteiger partial charge in [-0.3, -0.25) is 0 Å². The molecule has 2 aromatic rings. The predicted octanol–water partition coefficient (Wildman–Crippen LogP) is 2.33. The van der Waals surface area contributed by atoms with Gasteiger partial charge in [-0.1, -0.05) is 12.1 Å². The van der Waals surface area contributed by atoms with E-state index in [2.05, 4.69) is 8.75 Å². The van der Waals surface area contributed by atoms with Crippen molar-refractivity contribution in [1.29, 1.82) is 0 Å². The molecule has 5 heteroatoms. The van der Waals surface area contributed by atoms with Crippen molar-refractivity contribution in [3.8, 4) is 17.0 Å². The maximum atomic E-state index is 5.73. The quantitative estimate of drug-likeness (QED) is 0.883. The molecule has 82 valence electrons. The van der Waals surface area contributed by atoms with E-state index in [1.807, 2.05) is 24.3 Å². The SMILES string of the molecule is Nc1nsnc1-c1cccc(OC2CC2)c1. The smallest absolute Gasteiger partial charge is 0.165 e. The van der Waals surface area contributed by atoms with E-state index in [1.165, 1.54) is 0 Å². The van der Waals surface area contributed by atoms with Crippen LogP contribution in [0.1, 0.15) is 12.8 Å². The number of ether oxygens (including phenoxy) is 1. The minimum atomic E-state index is 0.404. The Bertz CT molecular complexity index is 507. The molecular weight excluding hydrogens is 222 g/mol. The van der Waals surface area contributed by atoms with Crippen LogP contribution in [0.5, 0.6) is 5.75 Å². The van der Waals surface area contributed by atoms with E-state index in [4.69, 9.17) is 10.5 Å².